The van der Waals surface area contributed by atoms with Crippen LogP contribution in [0.1, 0.15) is 89.5 Å². The van der Waals surface area contributed by atoms with Gasteiger partial charge >= 0.3 is 0 Å². The highest BCUT2D eigenvalue weighted by Crippen LogP contribution is 2.57. The summed E-state index contributed by atoms with van der Waals surface area (Å²) in [6.07, 6.45) is 11.2. The molecule has 3 N–H and O–H groups in total. The van der Waals surface area contributed by atoms with Crippen LogP contribution in [0.15, 0.2) is 47.1 Å². The Balaban J connectivity index is 1.86. The first kappa shape index (κ1) is 19.5. The minimum Gasteiger partial charge on any atom is -0.393 e. The molecule has 5 atom stereocenters. The highest BCUT2D eigenvalue weighted by atomic mass is 16.3. The van der Waals surface area contributed by atoms with E-state index in [9.17, 15) is 15.3 Å². The molecule has 168 valence electrons. The van der Waals surface area contributed by atoms with Gasteiger partial charge in [-0.3, -0.25) is 0 Å². The lowest BCUT2D eigenvalue weighted by Crippen LogP contribution is -2.32. The molecule has 0 aromatic carbocycles. The third-order valence-corrected chi connectivity index (χ3v) is 7.39. The van der Waals surface area contributed by atoms with Crippen LogP contribution >= 0.6 is 0 Å². The Labute approximate surface area is 187 Å². The van der Waals surface area contributed by atoms with Crippen LogP contribution < -0.4 is 0 Å². The van der Waals surface area contributed by atoms with Crippen molar-refractivity contribution >= 4 is 0 Å². The van der Waals surface area contributed by atoms with Crippen molar-refractivity contribution in [2.45, 2.75) is 103 Å². The molecule has 0 heterocycles. The van der Waals surface area contributed by atoms with Gasteiger partial charge in [-0.2, -0.15) is 0 Å². The second-order valence-electron chi connectivity index (χ2n) is 10.4. The van der Waals surface area contributed by atoms with Crippen molar-refractivity contribution < 1.29 is 19.4 Å². The monoisotopic (exact) mass is 417 g/mol. The smallest absolute Gasteiger partial charge is 0.0811 e. The minimum absolute atomic E-state index is 0.0472. The van der Waals surface area contributed by atoms with Gasteiger partial charge in [0, 0.05) is 10.5 Å². The number of fused-ring (bicyclic) bond motifs is 1. The lowest BCUT2D eigenvalue weighted by Gasteiger charge is -2.42. The topological polar surface area (TPSA) is 60.7 Å². The van der Waals surface area contributed by atoms with Crippen molar-refractivity contribution in [2.24, 2.45) is 17.3 Å². The van der Waals surface area contributed by atoms with Gasteiger partial charge in [0.25, 0.3) is 0 Å². The fraction of sp³-hybridized carbons (Fsp3) is 0.704. The molecule has 30 heavy (non-hydrogen) atoms. The molecular formula is C27H42O3. The van der Waals surface area contributed by atoms with E-state index in [0.29, 0.717) is 31.3 Å². The van der Waals surface area contributed by atoms with Crippen molar-refractivity contribution in [1.82, 2.24) is 0 Å². The first-order valence-electron chi connectivity index (χ1n) is 13.1. The first-order valence-corrected chi connectivity index (χ1v) is 11.6. The standard InChI is InChI=1S/C27H42O3/c1-18(8-6-14-26(3,4)30)23-12-13-24-20(9-7-15-27(23,24)5)10-11-21-16-22(28)17-25(29)19(21)2/h10-12,18,22,24-25,28-30H,2,6-9,13-17H2,1,3-5H3/b20-10+,21-11-/t18-,22-,24+,25+,27-/m1/s1/i5D3. The predicted octanol–water partition coefficient (Wildman–Crippen LogP) is 5.62. The van der Waals surface area contributed by atoms with Crippen molar-refractivity contribution in [3.05, 3.63) is 47.1 Å². The molecule has 0 aromatic heterocycles. The number of hydrogen-bond acceptors (Lipinski definition) is 3. The van der Waals surface area contributed by atoms with Crippen molar-refractivity contribution in [3.8, 4) is 0 Å². The normalized spacial score (nSPS) is 38.1. The van der Waals surface area contributed by atoms with Gasteiger partial charge in [0.2, 0.25) is 0 Å². The zero-order chi connectivity index (χ0) is 24.6. The summed E-state index contributed by atoms with van der Waals surface area (Å²) in [6, 6.07) is 0. The van der Waals surface area contributed by atoms with Gasteiger partial charge in [0.05, 0.1) is 17.8 Å². The van der Waals surface area contributed by atoms with E-state index < -0.39 is 30.1 Å². The largest absolute Gasteiger partial charge is 0.393 e. The molecule has 0 bridgehead atoms. The molecule has 0 radical (unpaired) electrons. The number of aliphatic hydroxyl groups is 3. The Bertz CT molecular complexity index is 831. The molecule has 2 saturated carbocycles. The SMILES string of the molecule is [2H]C([2H])([2H])[C@]12CCC/C(=C\C=C3\C[C@@H](O)C[C@H](O)C3=C)[C@@H]1CC=C2[C@H](C)CCCC(C)(C)O. The van der Waals surface area contributed by atoms with Crippen LogP contribution in [0.4, 0.5) is 0 Å². The molecule has 3 nitrogen and oxygen atoms in total. The fourth-order valence-corrected chi connectivity index (χ4v) is 5.66. The quantitative estimate of drug-likeness (QED) is 0.491. The Morgan fingerprint density at radius 3 is 2.83 bits per heavy atom. The van der Waals surface area contributed by atoms with Gasteiger partial charge in [-0.25, -0.2) is 0 Å². The second-order valence-corrected chi connectivity index (χ2v) is 10.4. The van der Waals surface area contributed by atoms with E-state index >= 15 is 0 Å². The van der Waals surface area contributed by atoms with Gasteiger partial charge < -0.3 is 15.3 Å². The molecule has 0 saturated heterocycles. The van der Waals surface area contributed by atoms with E-state index in [0.717, 1.165) is 48.8 Å². The van der Waals surface area contributed by atoms with E-state index in [1.807, 2.05) is 26.0 Å². The average Bonchev–Trinajstić information content (AvgIpc) is 3.10. The summed E-state index contributed by atoms with van der Waals surface area (Å²) in [7, 11) is 0. The summed E-state index contributed by atoms with van der Waals surface area (Å²) < 4.78 is 25.7. The molecule has 0 amide bonds. The van der Waals surface area contributed by atoms with Crippen LogP contribution in [0.2, 0.25) is 0 Å². The molecule has 3 rings (SSSR count). The second kappa shape index (κ2) is 9.14. The number of rotatable bonds is 6. The molecule has 0 aromatic rings. The highest BCUT2D eigenvalue weighted by Gasteiger charge is 2.45. The van der Waals surface area contributed by atoms with Gasteiger partial charge in [-0.05, 0) is 87.2 Å². The van der Waals surface area contributed by atoms with Crippen LogP contribution in [0.25, 0.3) is 0 Å². The zero-order valence-corrected chi connectivity index (χ0v) is 19.0. The third-order valence-electron chi connectivity index (χ3n) is 7.39. The maximum atomic E-state index is 10.2. The molecule has 2 fully saturated rings. The molecule has 0 aliphatic heterocycles. The number of allylic oxidation sites excluding steroid dienone is 5. The highest BCUT2D eigenvalue weighted by molar-refractivity contribution is 5.40. The van der Waals surface area contributed by atoms with Crippen LogP contribution in [0, 0.1) is 17.3 Å². The lowest BCUT2D eigenvalue weighted by atomic mass is 9.62. The Hall–Kier alpha value is -1.16. The summed E-state index contributed by atoms with van der Waals surface area (Å²) in [5.41, 5.74) is 2.21. The van der Waals surface area contributed by atoms with Crippen LogP contribution in [0.5, 0.6) is 0 Å². The Morgan fingerprint density at radius 2 is 2.13 bits per heavy atom. The summed E-state index contributed by atoms with van der Waals surface area (Å²) in [4.78, 5) is 0. The minimum atomic E-state index is -2.09. The molecule has 3 heteroatoms. The van der Waals surface area contributed by atoms with Gasteiger partial charge in [0.15, 0.2) is 0 Å². The Morgan fingerprint density at radius 1 is 1.37 bits per heavy atom. The Kier molecular flexibility index (Phi) is 5.95. The van der Waals surface area contributed by atoms with E-state index in [1.165, 1.54) is 0 Å². The van der Waals surface area contributed by atoms with E-state index in [1.54, 1.807) is 0 Å². The van der Waals surface area contributed by atoms with Gasteiger partial charge in [0.1, 0.15) is 0 Å². The summed E-state index contributed by atoms with van der Waals surface area (Å²) in [5, 5.41) is 30.3. The van der Waals surface area contributed by atoms with Crippen LogP contribution in [0.3, 0.4) is 0 Å². The summed E-state index contributed by atoms with van der Waals surface area (Å²) in [5.74, 6) is 0.118. The van der Waals surface area contributed by atoms with Crippen molar-refractivity contribution in [2.75, 3.05) is 0 Å². The maximum absolute atomic E-state index is 10.2. The summed E-state index contributed by atoms with van der Waals surface area (Å²) in [6.45, 7) is 7.69. The zero-order valence-electron chi connectivity index (χ0n) is 22.0. The average molecular weight is 418 g/mol. The molecule has 0 spiro atoms. The molecular weight excluding hydrogens is 372 g/mol. The predicted molar refractivity (Wildman–Crippen MR) is 124 cm³/mol. The number of aliphatic hydroxyl groups excluding tert-OH is 2. The van der Waals surface area contributed by atoms with Crippen molar-refractivity contribution in [3.63, 3.8) is 0 Å². The van der Waals surface area contributed by atoms with Crippen molar-refractivity contribution in [1.29, 1.82) is 0 Å². The van der Waals surface area contributed by atoms with Gasteiger partial charge in [-0.1, -0.05) is 56.1 Å². The molecule has 3 aliphatic rings. The van der Waals surface area contributed by atoms with Crippen LogP contribution in [-0.4, -0.2) is 33.1 Å². The van der Waals surface area contributed by atoms with E-state index in [-0.39, 0.29) is 11.8 Å². The lowest BCUT2D eigenvalue weighted by molar-refractivity contribution is 0.0670. The number of hydrogen-bond donors (Lipinski definition) is 3. The third kappa shape index (κ3) is 5.18. The van der Waals surface area contributed by atoms with E-state index in [4.69, 9.17) is 4.11 Å². The molecule has 3 aliphatic carbocycles. The molecule has 0 unspecified atom stereocenters. The van der Waals surface area contributed by atoms with Gasteiger partial charge in [-0.15, -0.1) is 0 Å². The fourth-order valence-electron chi connectivity index (χ4n) is 5.66. The first-order chi connectivity index (χ1) is 15.3. The maximum Gasteiger partial charge on any atom is 0.0811 e. The van der Waals surface area contributed by atoms with Crippen LogP contribution in [-0.2, 0) is 0 Å². The van der Waals surface area contributed by atoms with E-state index in [2.05, 4.69) is 19.6 Å². The summed E-state index contributed by atoms with van der Waals surface area (Å²) >= 11 is 0.